The molecule has 0 saturated heterocycles. The van der Waals surface area contributed by atoms with E-state index in [4.69, 9.17) is 14.5 Å². The molecule has 2 fully saturated rings. The highest BCUT2D eigenvalue weighted by Gasteiger charge is 2.20. The number of hydrogen-bond donors (Lipinski definition) is 0. The van der Waals surface area contributed by atoms with Gasteiger partial charge in [0.05, 0.1) is 17.9 Å². The van der Waals surface area contributed by atoms with Crippen molar-refractivity contribution in [2.45, 2.75) is 70.5 Å². The molecule has 0 N–H and O–H groups in total. The van der Waals surface area contributed by atoms with E-state index in [2.05, 4.69) is 0 Å². The fourth-order valence-corrected chi connectivity index (χ4v) is 2.43. The summed E-state index contributed by atoms with van der Waals surface area (Å²) in [6, 6.07) is 0. The Kier molecular flexibility index (Phi) is 5.05. The molecule has 4 nitrogen and oxygen atoms in total. The number of hydrogen-bond acceptors (Lipinski definition) is 4. The molecule has 0 amide bonds. The lowest BCUT2D eigenvalue weighted by atomic mass is 10.3. The van der Waals surface area contributed by atoms with Crippen molar-refractivity contribution in [2.24, 2.45) is 0 Å². The topological polar surface area (TPSA) is 44.8 Å². The fraction of sp³-hybridized carbons (Fsp3) is 0.786. The second-order valence-corrected chi connectivity index (χ2v) is 5.22. The van der Waals surface area contributed by atoms with E-state index >= 15 is 0 Å². The van der Waals surface area contributed by atoms with Gasteiger partial charge in [-0.15, -0.1) is 0 Å². The third-order valence-electron chi connectivity index (χ3n) is 3.62. The summed E-state index contributed by atoms with van der Waals surface area (Å²) in [6.07, 6.45) is 10.7. The second kappa shape index (κ2) is 6.78. The maximum absolute atomic E-state index is 11.6. The predicted octanol–water partition coefficient (Wildman–Crippen LogP) is 3.27. The largest absolute Gasteiger partial charge is 0.497 e. The molecular weight excluding hydrogens is 232 g/mol. The molecule has 2 saturated carbocycles. The zero-order valence-electron chi connectivity index (χ0n) is 11.0. The van der Waals surface area contributed by atoms with Crippen LogP contribution in [0.1, 0.15) is 58.3 Å². The van der Waals surface area contributed by atoms with Gasteiger partial charge in [0.2, 0.25) is 0 Å². The van der Waals surface area contributed by atoms with Gasteiger partial charge in [-0.1, -0.05) is 12.8 Å². The quantitative estimate of drug-likeness (QED) is 0.327. The van der Waals surface area contributed by atoms with Crippen LogP contribution in [0.4, 0.5) is 0 Å². The first-order valence-corrected chi connectivity index (χ1v) is 6.95. The van der Waals surface area contributed by atoms with Gasteiger partial charge in [0.15, 0.2) is 0 Å². The van der Waals surface area contributed by atoms with E-state index in [9.17, 15) is 4.79 Å². The van der Waals surface area contributed by atoms with Crippen molar-refractivity contribution < 1.29 is 19.3 Å². The minimum atomic E-state index is -0.445. The standard InChI is InChI=1S/C14H22O4/c1-11(10-16-12-6-2-3-7-12)14(15)18-17-13-8-4-5-9-13/h10,12-13H,2-9H2,1H3. The highest BCUT2D eigenvalue weighted by molar-refractivity contribution is 5.86. The summed E-state index contributed by atoms with van der Waals surface area (Å²) in [6.45, 7) is 1.69. The van der Waals surface area contributed by atoms with E-state index in [1.165, 1.54) is 19.1 Å². The van der Waals surface area contributed by atoms with Crippen LogP contribution in [-0.4, -0.2) is 18.2 Å². The average Bonchev–Trinajstić information content (AvgIpc) is 3.05. The third-order valence-corrected chi connectivity index (χ3v) is 3.62. The molecule has 18 heavy (non-hydrogen) atoms. The molecule has 0 heterocycles. The van der Waals surface area contributed by atoms with Crippen LogP contribution in [0.15, 0.2) is 11.8 Å². The molecule has 2 aliphatic carbocycles. The summed E-state index contributed by atoms with van der Waals surface area (Å²) >= 11 is 0. The smallest absolute Gasteiger partial charge is 0.371 e. The van der Waals surface area contributed by atoms with Gasteiger partial charge in [-0.2, -0.15) is 4.89 Å². The summed E-state index contributed by atoms with van der Waals surface area (Å²) in [5.74, 6) is -0.445. The van der Waals surface area contributed by atoms with Crippen LogP contribution in [0, 0.1) is 0 Å². The lowest BCUT2D eigenvalue weighted by Gasteiger charge is -2.11. The van der Waals surface area contributed by atoms with E-state index in [1.807, 2.05) is 0 Å². The van der Waals surface area contributed by atoms with Crippen molar-refractivity contribution in [1.82, 2.24) is 0 Å². The van der Waals surface area contributed by atoms with Crippen molar-refractivity contribution in [3.63, 3.8) is 0 Å². The molecule has 2 aliphatic rings. The Balaban J connectivity index is 1.67. The van der Waals surface area contributed by atoms with Gasteiger partial charge in [0, 0.05) is 0 Å². The maximum atomic E-state index is 11.6. The van der Waals surface area contributed by atoms with Gasteiger partial charge in [0.25, 0.3) is 0 Å². The van der Waals surface area contributed by atoms with Crippen LogP contribution < -0.4 is 0 Å². The summed E-state index contributed by atoms with van der Waals surface area (Å²) in [7, 11) is 0. The van der Waals surface area contributed by atoms with Crippen LogP contribution in [0.3, 0.4) is 0 Å². The Morgan fingerprint density at radius 3 is 2.17 bits per heavy atom. The maximum Gasteiger partial charge on any atom is 0.371 e. The highest BCUT2D eigenvalue weighted by Crippen LogP contribution is 2.22. The molecule has 102 valence electrons. The molecule has 0 aromatic heterocycles. The Labute approximate surface area is 108 Å². The first-order valence-electron chi connectivity index (χ1n) is 6.95. The minimum Gasteiger partial charge on any atom is -0.497 e. The van der Waals surface area contributed by atoms with Crippen LogP contribution in [-0.2, 0) is 19.3 Å². The number of carbonyl (C=O) groups is 1. The van der Waals surface area contributed by atoms with E-state index in [0.717, 1.165) is 38.5 Å². The zero-order chi connectivity index (χ0) is 12.8. The average molecular weight is 254 g/mol. The summed E-state index contributed by atoms with van der Waals surface area (Å²) < 4.78 is 5.54. The normalized spacial score (nSPS) is 22.4. The Morgan fingerprint density at radius 1 is 1.00 bits per heavy atom. The Bertz CT molecular complexity index is 299. The van der Waals surface area contributed by atoms with Crippen LogP contribution in [0.2, 0.25) is 0 Å². The van der Waals surface area contributed by atoms with Crippen LogP contribution in [0.25, 0.3) is 0 Å². The molecule has 0 spiro atoms. The van der Waals surface area contributed by atoms with E-state index in [-0.39, 0.29) is 12.2 Å². The third kappa shape index (κ3) is 4.02. The van der Waals surface area contributed by atoms with Crippen molar-refractivity contribution in [2.75, 3.05) is 0 Å². The first-order chi connectivity index (χ1) is 8.75. The second-order valence-electron chi connectivity index (χ2n) is 5.22. The van der Waals surface area contributed by atoms with Crippen LogP contribution >= 0.6 is 0 Å². The molecular formula is C14H22O4. The van der Waals surface area contributed by atoms with Crippen LogP contribution in [0.5, 0.6) is 0 Å². The molecule has 4 heteroatoms. The minimum absolute atomic E-state index is 0.0810. The van der Waals surface area contributed by atoms with Crippen molar-refractivity contribution in [3.05, 3.63) is 11.8 Å². The van der Waals surface area contributed by atoms with Gasteiger partial charge in [-0.05, 0) is 45.4 Å². The molecule has 0 aromatic rings. The van der Waals surface area contributed by atoms with Crippen molar-refractivity contribution >= 4 is 5.97 Å². The van der Waals surface area contributed by atoms with E-state index < -0.39 is 5.97 Å². The Morgan fingerprint density at radius 2 is 1.56 bits per heavy atom. The lowest BCUT2D eigenvalue weighted by Crippen LogP contribution is -2.14. The molecule has 0 aromatic carbocycles. The molecule has 0 bridgehead atoms. The lowest BCUT2D eigenvalue weighted by molar-refractivity contribution is -0.293. The van der Waals surface area contributed by atoms with E-state index in [1.54, 1.807) is 6.92 Å². The molecule has 2 rings (SSSR count). The SMILES string of the molecule is CC(=COC1CCCC1)C(=O)OOC1CCCC1. The summed E-state index contributed by atoms with van der Waals surface area (Å²) in [4.78, 5) is 21.5. The predicted molar refractivity (Wildman–Crippen MR) is 66.5 cm³/mol. The monoisotopic (exact) mass is 254 g/mol. The fourth-order valence-electron chi connectivity index (χ4n) is 2.43. The van der Waals surface area contributed by atoms with Gasteiger partial charge in [0.1, 0.15) is 6.10 Å². The van der Waals surface area contributed by atoms with Gasteiger partial charge < -0.3 is 4.74 Å². The molecule has 0 aliphatic heterocycles. The zero-order valence-corrected chi connectivity index (χ0v) is 11.0. The van der Waals surface area contributed by atoms with Crippen molar-refractivity contribution in [1.29, 1.82) is 0 Å². The highest BCUT2D eigenvalue weighted by atomic mass is 17.2. The van der Waals surface area contributed by atoms with Gasteiger partial charge in [-0.3, -0.25) is 4.89 Å². The number of carbonyl (C=O) groups excluding carboxylic acids is 1. The summed E-state index contributed by atoms with van der Waals surface area (Å²) in [5, 5.41) is 0. The molecule has 0 atom stereocenters. The molecule has 0 radical (unpaired) electrons. The van der Waals surface area contributed by atoms with Gasteiger partial charge in [-0.25, -0.2) is 4.79 Å². The molecule has 0 unspecified atom stereocenters. The number of rotatable bonds is 5. The Hall–Kier alpha value is -1.03. The van der Waals surface area contributed by atoms with Gasteiger partial charge >= 0.3 is 5.97 Å². The number of ether oxygens (including phenoxy) is 1. The van der Waals surface area contributed by atoms with Crippen molar-refractivity contribution in [3.8, 4) is 0 Å². The van der Waals surface area contributed by atoms with E-state index in [0.29, 0.717) is 5.57 Å². The first kappa shape index (κ1) is 13.4. The summed E-state index contributed by atoms with van der Waals surface area (Å²) in [5.41, 5.74) is 0.458.